The first-order valence-electron chi connectivity index (χ1n) is 7.99. The first kappa shape index (κ1) is 19.1. The third kappa shape index (κ3) is 5.15. The average Bonchev–Trinajstić information content (AvgIpc) is 2.61. The molecule has 1 atom stereocenters. The minimum absolute atomic E-state index is 0.0223. The quantitative estimate of drug-likeness (QED) is 0.763. The molecule has 0 aliphatic rings. The van der Waals surface area contributed by atoms with Crippen LogP contribution in [0.5, 0.6) is 0 Å². The zero-order chi connectivity index (χ0) is 19.1. The number of aromatic carboxylic acids is 1. The third-order valence-corrected chi connectivity index (χ3v) is 3.66. The molecule has 2 aromatic rings. The molecule has 0 saturated heterocycles. The molecule has 0 saturated carbocycles. The van der Waals surface area contributed by atoms with Crippen LogP contribution in [0, 0.1) is 0 Å². The van der Waals surface area contributed by atoms with Crippen LogP contribution in [0.25, 0.3) is 0 Å². The van der Waals surface area contributed by atoms with E-state index in [0.29, 0.717) is 5.56 Å². The van der Waals surface area contributed by atoms with Crippen molar-refractivity contribution in [2.45, 2.75) is 25.9 Å². The summed E-state index contributed by atoms with van der Waals surface area (Å²) >= 11 is 0. The van der Waals surface area contributed by atoms with Crippen LogP contribution in [-0.4, -0.2) is 34.1 Å². The maximum atomic E-state index is 12.6. The summed E-state index contributed by atoms with van der Waals surface area (Å²) in [6.07, 6.45) is 0.262. The Labute approximate surface area is 150 Å². The number of hydrogen-bond donors (Lipinski definition) is 2. The monoisotopic (exact) mass is 356 g/mol. The Morgan fingerprint density at radius 1 is 1.08 bits per heavy atom. The van der Waals surface area contributed by atoms with Crippen molar-refractivity contribution in [1.29, 1.82) is 0 Å². The van der Waals surface area contributed by atoms with Gasteiger partial charge in [0, 0.05) is 6.92 Å². The second-order valence-corrected chi connectivity index (χ2v) is 5.72. The highest BCUT2D eigenvalue weighted by molar-refractivity contribution is 5.89. The minimum atomic E-state index is -1.13. The van der Waals surface area contributed by atoms with Crippen LogP contribution in [0.1, 0.15) is 28.4 Å². The number of nitrogens with two attached hydrogens (primary N) is 1. The maximum Gasteiger partial charge on any atom is 0.336 e. The highest BCUT2D eigenvalue weighted by Crippen LogP contribution is 2.14. The zero-order valence-corrected chi connectivity index (χ0v) is 14.3. The molecule has 7 heteroatoms. The van der Waals surface area contributed by atoms with Gasteiger partial charge in [0.15, 0.2) is 0 Å². The number of carbonyl (C=O) groups is 3. The van der Waals surface area contributed by atoms with Crippen molar-refractivity contribution in [3.8, 4) is 0 Å². The molecule has 2 aromatic carbocycles. The summed E-state index contributed by atoms with van der Waals surface area (Å²) in [5.41, 5.74) is 7.20. The molecular formula is C19H20N2O5. The smallest absolute Gasteiger partial charge is 0.336 e. The van der Waals surface area contributed by atoms with E-state index in [1.807, 2.05) is 30.3 Å². The number of amides is 1. The first-order valence-corrected chi connectivity index (χ1v) is 7.99. The lowest BCUT2D eigenvalue weighted by atomic mass is 10.0. The molecule has 0 spiro atoms. The number of benzene rings is 2. The molecule has 2 rings (SSSR count). The lowest BCUT2D eigenvalue weighted by Crippen LogP contribution is -2.45. The normalized spacial score (nSPS) is 11.5. The lowest BCUT2D eigenvalue weighted by Gasteiger charge is -2.24. The summed E-state index contributed by atoms with van der Waals surface area (Å²) in [6, 6.07) is 14.4. The van der Waals surface area contributed by atoms with Gasteiger partial charge < -0.3 is 15.7 Å². The standard InChI is InChI=1S/C19H20N2O5/c1-13(22)26-21(12-15-9-5-6-10-16(15)19(24)25)18(23)17(20)11-14-7-3-2-4-8-14/h2-10,17H,11-12,20H2,1H3,(H,24,25). The molecule has 7 nitrogen and oxygen atoms in total. The molecule has 3 N–H and O–H groups in total. The van der Waals surface area contributed by atoms with Gasteiger partial charge in [0.1, 0.15) is 0 Å². The number of carbonyl (C=O) groups excluding carboxylic acids is 2. The number of hydroxylamine groups is 2. The van der Waals surface area contributed by atoms with Gasteiger partial charge in [0.05, 0.1) is 18.2 Å². The van der Waals surface area contributed by atoms with Crippen molar-refractivity contribution in [3.05, 3.63) is 71.3 Å². The molecule has 0 aliphatic heterocycles. The molecule has 0 heterocycles. The Morgan fingerprint density at radius 3 is 2.31 bits per heavy atom. The average molecular weight is 356 g/mol. The fraction of sp³-hybridized carbons (Fsp3) is 0.211. The number of nitrogens with zero attached hydrogens (tertiary/aromatic N) is 1. The van der Waals surface area contributed by atoms with E-state index in [1.165, 1.54) is 6.07 Å². The van der Waals surface area contributed by atoms with E-state index in [9.17, 15) is 19.5 Å². The van der Waals surface area contributed by atoms with Gasteiger partial charge in [-0.3, -0.25) is 9.59 Å². The molecule has 1 amide bonds. The molecule has 0 aliphatic carbocycles. The molecular weight excluding hydrogens is 336 g/mol. The van der Waals surface area contributed by atoms with Crippen LogP contribution in [0.4, 0.5) is 0 Å². The van der Waals surface area contributed by atoms with Crippen LogP contribution >= 0.6 is 0 Å². The van der Waals surface area contributed by atoms with Gasteiger partial charge in [-0.05, 0) is 23.6 Å². The van der Waals surface area contributed by atoms with Crippen LogP contribution < -0.4 is 5.73 Å². The summed E-state index contributed by atoms with van der Waals surface area (Å²) in [5, 5.41) is 10.1. The second kappa shape index (κ2) is 8.77. The molecule has 1 unspecified atom stereocenters. The molecule has 0 radical (unpaired) electrons. The number of carboxylic acids is 1. The second-order valence-electron chi connectivity index (χ2n) is 5.72. The van der Waals surface area contributed by atoms with E-state index in [0.717, 1.165) is 17.6 Å². The van der Waals surface area contributed by atoms with E-state index in [2.05, 4.69) is 0 Å². The van der Waals surface area contributed by atoms with Crippen molar-refractivity contribution in [2.75, 3.05) is 0 Å². The van der Waals surface area contributed by atoms with Crippen molar-refractivity contribution in [1.82, 2.24) is 5.06 Å². The molecule has 0 fully saturated rings. The van der Waals surface area contributed by atoms with Crippen LogP contribution in [0.3, 0.4) is 0 Å². The highest BCUT2D eigenvalue weighted by atomic mass is 16.7. The molecule has 0 aromatic heterocycles. The first-order chi connectivity index (χ1) is 12.4. The topological polar surface area (TPSA) is 110 Å². The summed E-state index contributed by atoms with van der Waals surface area (Å²) < 4.78 is 0. The fourth-order valence-corrected chi connectivity index (χ4v) is 2.47. The Balaban J connectivity index is 2.20. The Bertz CT molecular complexity index is 792. The van der Waals surface area contributed by atoms with Crippen molar-refractivity contribution >= 4 is 17.8 Å². The number of rotatable bonds is 6. The van der Waals surface area contributed by atoms with E-state index in [1.54, 1.807) is 18.2 Å². The predicted octanol–water partition coefficient (Wildman–Crippen LogP) is 1.76. The summed E-state index contributed by atoms with van der Waals surface area (Å²) in [5.74, 6) is -2.44. The summed E-state index contributed by atoms with van der Waals surface area (Å²) in [4.78, 5) is 40.3. The van der Waals surface area contributed by atoms with Gasteiger partial charge in [-0.15, -0.1) is 0 Å². The predicted molar refractivity (Wildman–Crippen MR) is 93.8 cm³/mol. The van der Waals surface area contributed by atoms with Gasteiger partial charge in [0.2, 0.25) is 0 Å². The summed E-state index contributed by atoms with van der Waals surface area (Å²) in [6.45, 7) is 0.954. The molecule has 26 heavy (non-hydrogen) atoms. The third-order valence-electron chi connectivity index (χ3n) is 3.66. The minimum Gasteiger partial charge on any atom is -0.478 e. The van der Waals surface area contributed by atoms with Crippen molar-refractivity contribution in [2.24, 2.45) is 5.73 Å². The van der Waals surface area contributed by atoms with E-state index in [-0.39, 0.29) is 18.5 Å². The molecule has 0 bridgehead atoms. The van der Waals surface area contributed by atoms with E-state index >= 15 is 0 Å². The largest absolute Gasteiger partial charge is 0.478 e. The SMILES string of the molecule is CC(=O)ON(Cc1ccccc1C(=O)O)C(=O)C(N)Cc1ccccc1. The van der Waals surface area contributed by atoms with Crippen LogP contribution in [0.2, 0.25) is 0 Å². The Kier molecular flexibility index (Phi) is 6.46. The number of hydrogen-bond acceptors (Lipinski definition) is 5. The lowest BCUT2D eigenvalue weighted by molar-refractivity contribution is -0.199. The zero-order valence-electron chi connectivity index (χ0n) is 14.3. The van der Waals surface area contributed by atoms with Gasteiger partial charge >= 0.3 is 11.9 Å². The van der Waals surface area contributed by atoms with Crippen molar-refractivity contribution < 1.29 is 24.3 Å². The Morgan fingerprint density at radius 2 is 1.69 bits per heavy atom. The fourth-order valence-electron chi connectivity index (χ4n) is 2.47. The van der Waals surface area contributed by atoms with Gasteiger partial charge in [-0.1, -0.05) is 48.5 Å². The number of carboxylic acid groups (broad SMARTS) is 1. The van der Waals surface area contributed by atoms with Gasteiger partial charge in [-0.2, -0.15) is 5.06 Å². The summed E-state index contributed by atoms with van der Waals surface area (Å²) in [7, 11) is 0. The molecule has 136 valence electrons. The highest BCUT2D eigenvalue weighted by Gasteiger charge is 2.25. The van der Waals surface area contributed by atoms with Gasteiger partial charge in [0.25, 0.3) is 5.91 Å². The van der Waals surface area contributed by atoms with E-state index < -0.39 is 23.9 Å². The maximum absolute atomic E-state index is 12.6. The van der Waals surface area contributed by atoms with E-state index in [4.69, 9.17) is 10.6 Å². The Hall–Kier alpha value is -3.19. The van der Waals surface area contributed by atoms with Gasteiger partial charge in [-0.25, -0.2) is 4.79 Å². The van der Waals surface area contributed by atoms with Crippen LogP contribution in [0.15, 0.2) is 54.6 Å². The van der Waals surface area contributed by atoms with Crippen LogP contribution in [-0.2, 0) is 27.4 Å². The van der Waals surface area contributed by atoms with Crippen molar-refractivity contribution in [3.63, 3.8) is 0 Å².